The molecule has 2 saturated heterocycles. The minimum Gasteiger partial charge on any atom is -0.481 e. The summed E-state index contributed by atoms with van der Waals surface area (Å²) >= 11 is 0. The molecule has 6 aliphatic carbocycles. The fourth-order valence-electron chi connectivity index (χ4n) is 16.8. The highest BCUT2D eigenvalue weighted by Crippen LogP contribution is 2.78. The van der Waals surface area contributed by atoms with Crippen molar-refractivity contribution in [1.29, 1.82) is 0 Å². The van der Waals surface area contributed by atoms with Gasteiger partial charge in [-0.25, -0.2) is 0 Å². The van der Waals surface area contributed by atoms with E-state index in [-0.39, 0.29) is 45.1 Å². The molecule has 13 atom stereocenters. The van der Waals surface area contributed by atoms with Gasteiger partial charge in [0.15, 0.2) is 0 Å². The molecule has 320 valence electrons. The lowest BCUT2D eigenvalue weighted by Crippen LogP contribution is -2.67. The number of hydrogen-bond acceptors (Lipinski definition) is 6. The van der Waals surface area contributed by atoms with Crippen LogP contribution in [0.25, 0.3) is 0 Å². The lowest BCUT2D eigenvalue weighted by atomic mass is 9.32. The number of esters is 1. The highest BCUT2D eigenvalue weighted by Gasteiger charge is 2.72. The lowest BCUT2D eigenvalue weighted by molar-refractivity contribution is -0.251. The predicted molar refractivity (Wildman–Crippen MR) is 225 cm³/mol. The van der Waals surface area contributed by atoms with Crippen LogP contribution >= 0.6 is 0 Å². The number of likely N-dealkylation sites (N-methyl/N-ethyl adjacent to an activating group) is 1. The van der Waals surface area contributed by atoms with Gasteiger partial charge >= 0.3 is 11.9 Å². The average Bonchev–Trinajstić information content (AvgIpc) is 3.78. The van der Waals surface area contributed by atoms with E-state index in [4.69, 9.17) is 4.74 Å². The number of ether oxygens (including phenoxy) is 1. The first-order valence-corrected chi connectivity index (χ1v) is 23.6. The van der Waals surface area contributed by atoms with E-state index >= 15 is 4.79 Å². The first-order valence-electron chi connectivity index (χ1n) is 23.6. The molecule has 0 unspecified atom stereocenters. The maximum Gasteiger partial charge on any atom is 0.309 e. The van der Waals surface area contributed by atoms with E-state index in [1.54, 1.807) is 0 Å². The molecule has 8 rings (SSSR count). The number of carboxylic acids is 1. The van der Waals surface area contributed by atoms with Gasteiger partial charge in [0, 0.05) is 50.7 Å². The summed E-state index contributed by atoms with van der Waals surface area (Å²) in [5.41, 5.74) is 0.777. The van der Waals surface area contributed by atoms with Crippen molar-refractivity contribution in [2.75, 3.05) is 45.8 Å². The van der Waals surface area contributed by atoms with Crippen molar-refractivity contribution in [3.63, 3.8) is 0 Å². The van der Waals surface area contributed by atoms with Gasteiger partial charge < -0.3 is 19.6 Å². The third-order valence-electron chi connectivity index (χ3n) is 20.6. The van der Waals surface area contributed by atoms with Crippen LogP contribution in [0.4, 0.5) is 0 Å². The van der Waals surface area contributed by atoms with Gasteiger partial charge in [0.2, 0.25) is 5.91 Å². The number of fused-ring (bicyclic) bond motifs is 7. The van der Waals surface area contributed by atoms with Crippen LogP contribution in [-0.4, -0.2) is 95.6 Å². The van der Waals surface area contributed by atoms with Crippen LogP contribution in [0.5, 0.6) is 0 Å². The maximum atomic E-state index is 15.4. The van der Waals surface area contributed by atoms with Crippen molar-refractivity contribution in [2.45, 2.75) is 158 Å². The Bertz CT molecular complexity index is 1620. The number of carboxylic acid groups (broad SMARTS) is 1. The molecule has 8 fully saturated rings. The first kappa shape index (κ1) is 41.8. The number of carbonyl (C=O) groups excluding carboxylic acids is 2. The number of nitrogens with zero attached hydrogens (tertiary/aromatic N) is 3. The van der Waals surface area contributed by atoms with E-state index in [1.807, 2.05) is 13.8 Å². The van der Waals surface area contributed by atoms with Crippen molar-refractivity contribution in [3.8, 4) is 0 Å². The fourth-order valence-corrected chi connectivity index (χ4v) is 16.8. The summed E-state index contributed by atoms with van der Waals surface area (Å²) in [6, 6.07) is 0.348. The molecule has 6 saturated carbocycles. The zero-order valence-corrected chi connectivity index (χ0v) is 37.5. The second kappa shape index (κ2) is 14.3. The lowest BCUT2D eigenvalue weighted by Gasteiger charge is -2.73. The Morgan fingerprint density at radius 2 is 1.44 bits per heavy atom. The van der Waals surface area contributed by atoms with E-state index in [2.05, 4.69) is 69.7 Å². The topological polar surface area (TPSA) is 90.4 Å². The highest BCUT2D eigenvalue weighted by molar-refractivity contribution is 5.85. The minimum atomic E-state index is -0.808. The number of carbonyl (C=O) groups is 3. The molecule has 2 aliphatic heterocycles. The van der Waals surface area contributed by atoms with Crippen LogP contribution in [0, 0.1) is 73.9 Å². The van der Waals surface area contributed by atoms with Gasteiger partial charge in [-0.05, 0) is 148 Å². The van der Waals surface area contributed by atoms with E-state index in [0.29, 0.717) is 48.0 Å². The zero-order valence-electron chi connectivity index (χ0n) is 37.5. The smallest absolute Gasteiger partial charge is 0.309 e. The molecule has 0 aromatic heterocycles. The Kier molecular flexibility index (Phi) is 10.5. The molecule has 1 amide bonds. The summed E-state index contributed by atoms with van der Waals surface area (Å²) in [7, 11) is 0. The molecule has 0 aromatic rings. The van der Waals surface area contributed by atoms with Crippen LogP contribution in [-0.2, 0) is 19.1 Å². The van der Waals surface area contributed by atoms with E-state index in [1.165, 1.54) is 24.8 Å². The molecule has 0 aromatic carbocycles. The number of hydrogen-bond donors (Lipinski definition) is 1. The Morgan fingerprint density at radius 1 is 0.737 bits per heavy atom. The largest absolute Gasteiger partial charge is 0.481 e. The Balaban J connectivity index is 1.02. The van der Waals surface area contributed by atoms with Crippen LogP contribution in [0.3, 0.4) is 0 Å². The van der Waals surface area contributed by atoms with E-state index in [0.717, 1.165) is 104 Å². The molecule has 0 bridgehead atoms. The Labute approximate surface area is 345 Å². The van der Waals surface area contributed by atoms with Gasteiger partial charge in [0.1, 0.15) is 6.10 Å². The van der Waals surface area contributed by atoms with E-state index < -0.39 is 17.3 Å². The van der Waals surface area contributed by atoms with Crippen molar-refractivity contribution in [2.24, 2.45) is 73.9 Å². The molecule has 0 spiro atoms. The summed E-state index contributed by atoms with van der Waals surface area (Å²) in [6.07, 6.45) is 13.5. The second-order valence-electron chi connectivity index (χ2n) is 23.2. The zero-order chi connectivity index (χ0) is 41.1. The predicted octanol–water partition coefficient (Wildman–Crippen LogP) is 8.93. The number of allylic oxidation sites excluding steroid dienone is 1. The van der Waals surface area contributed by atoms with Crippen LogP contribution in [0.15, 0.2) is 12.2 Å². The molecule has 8 nitrogen and oxygen atoms in total. The van der Waals surface area contributed by atoms with Crippen molar-refractivity contribution in [1.82, 2.24) is 14.7 Å². The maximum absolute atomic E-state index is 15.4. The number of aliphatic carboxylic acids is 1. The average molecular weight is 790 g/mol. The number of amides is 1. The van der Waals surface area contributed by atoms with Crippen LogP contribution in [0.1, 0.15) is 146 Å². The monoisotopic (exact) mass is 790 g/mol. The van der Waals surface area contributed by atoms with Crippen molar-refractivity contribution in [3.05, 3.63) is 12.2 Å². The Hall–Kier alpha value is -1.93. The third-order valence-corrected chi connectivity index (χ3v) is 20.6. The molecular formula is C49H79N3O5. The van der Waals surface area contributed by atoms with Crippen LogP contribution < -0.4 is 0 Å². The SMILES string of the molecule is C=C(C)[C@@H]1CC[C@]2(C(=O)N3CCC[C@H]3CN3CCN(CC)CC3)CC[C@]3(C)[C@H](CC[C@@H]4[C@@]5(C)CC[C@H](OC(=O)[C@H]6C[C@@H](C(=O)O)C6(C)C)C(C)(C)[C@@H]5CC[C@]43C)[C@@H]12. The van der Waals surface area contributed by atoms with E-state index in [9.17, 15) is 14.7 Å². The number of likely N-dealkylation sites (tertiary alicyclic amines) is 1. The molecule has 1 N–H and O–H groups in total. The summed E-state index contributed by atoms with van der Waals surface area (Å²) in [4.78, 5) is 48.5. The quantitative estimate of drug-likeness (QED) is 0.194. The van der Waals surface area contributed by atoms with Crippen LogP contribution in [0.2, 0.25) is 0 Å². The van der Waals surface area contributed by atoms with Gasteiger partial charge in [-0.1, -0.05) is 67.5 Å². The van der Waals surface area contributed by atoms with Gasteiger partial charge in [0.05, 0.1) is 17.3 Å². The summed E-state index contributed by atoms with van der Waals surface area (Å²) in [6.45, 7) is 33.3. The summed E-state index contributed by atoms with van der Waals surface area (Å²) in [5, 5.41) is 9.70. The molecule has 57 heavy (non-hydrogen) atoms. The minimum absolute atomic E-state index is 0.148. The molecule has 2 heterocycles. The van der Waals surface area contributed by atoms with Crippen molar-refractivity contribution < 1.29 is 24.2 Å². The summed E-state index contributed by atoms with van der Waals surface area (Å²) < 4.78 is 6.47. The normalized spacial score (nSPS) is 46.5. The summed E-state index contributed by atoms with van der Waals surface area (Å²) in [5.74, 6) is 1.03. The molecule has 0 radical (unpaired) electrons. The fraction of sp³-hybridized carbons (Fsp3) is 0.898. The Morgan fingerprint density at radius 3 is 2.09 bits per heavy atom. The molecule has 8 heteroatoms. The highest BCUT2D eigenvalue weighted by atomic mass is 16.5. The third kappa shape index (κ3) is 6.10. The van der Waals surface area contributed by atoms with Gasteiger partial charge in [-0.3, -0.25) is 19.3 Å². The number of rotatable bonds is 8. The van der Waals surface area contributed by atoms with Crippen molar-refractivity contribution >= 4 is 17.8 Å². The second-order valence-corrected chi connectivity index (χ2v) is 23.2. The molecule has 8 aliphatic rings. The number of piperazine rings is 1. The van der Waals surface area contributed by atoms with Gasteiger partial charge in [-0.15, -0.1) is 0 Å². The first-order chi connectivity index (χ1) is 26.8. The van der Waals surface area contributed by atoms with Gasteiger partial charge in [0.25, 0.3) is 0 Å². The van der Waals surface area contributed by atoms with Gasteiger partial charge in [-0.2, -0.15) is 0 Å². The standard InChI is InChI=1S/C49H79N3O5/c1-11-50-25-27-51(28-26-50)30-32-13-12-24-52(32)43(56)49-21-16-33(31(2)3)40(49)34-14-15-38-46(8)19-18-39(57-42(55)36-29-35(41(53)54)44(36,4)5)45(6,7)37(46)17-20-48(38,10)47(34,9)22-23-49/h32-40H,2,11-30H2,1,3-10H3,(H,53,54)/t32-,33-,34+,35-,36+,37-,38+,39-,40+,46-,47+,48+,49-/m0/s1. The molecular weight excluding hydrogens is 711 g/mol.